The quantitative estimate of drug-likeness (QED) is 0.611. The number of unbranched alkanes of at least 4 members (excludes halogenated alkanes) is 1. The van der Waals surface area contributed by atoms with Crippen LogP contribution >= 0.6 is 0 Å². The van der Waals surface area contributed by atoms with Crippen LogP contribution in [-0.2, 0) is 6.42 Å². The van der Waals surface area contributed by atoms with Gasteiger partial charge in [0.2, 0.25) is 0 Å². The highest BCUT2D eigenvalue weighted by Crippen LogP contribution is 2.24. The minimum absolute atomic E-state index is 0.00836. The van der Waals surface area contributed by atoms with E-state index in [2.05, 4.69) is 50.0 Å². The number of nitrogens with zero attached hydrogens (tertiary/aromatic N) is 3. The Labute approximate surface area is 185 Å². The fourth-order valence-corrected chi connectivity index (χ4v) is 4.38. The molecule has 1 unspecified atom stereocenters. The lowest BCUT2D eigenvalue weighted by molar-refractivity contribution is 0.174. The number of para-hydroxylation sites is 1. The molecular weight excluding hydrogens is 384 g/mol. The molecule has 2 aromatic carbocycles. The van der Waals surface area contributed by atoms with Gasteiger partial charge in [0, 0.05) is 36.8 Å². The zero-order valence-electron chi connectivity index (χ0n) is 19.2. The molecule has 1 fully saturated rings. The van der Waals surface area contributed by atoms with Crippen molar-refractivity contribution in [3.63, 3.8) is 0 Å². The highest BCUT2D eigenvalue weighted by molar-refractivity contribution is 5.77. The van der Waals surface area contributed by atoms with Crippen LogP contribution in [0.3, 0.4) is 0 Å². The second-order valence-corrected chi connectivity index (χ2v) is 9.58. The van der Waals surface area contributed by atoms with Crippen LogP contribution in [0.2, 0.25) is 0 Å². The van der Waals surface area contributed by atoms with E-state index < -0.39 is 0 Å². The Kier molecular flexibility index (Phi) is 6.15. The average molecular weight is 419 g/mol. The van der Waals surface area contributed by atoms with Crippen LogP contribution < -0.4 is 10.9 Å². The van der Waals surface area contributed by atoms with Gasteiger partial charge in [0.1, 0.15) is 5.82 Å². The molecule has 31 heavy (non-hydrogen) atoms. The van der Waals surface area contributed by atoms with E-state index in [1.807, 2.05) is 36.4 Å². The van der Waals surface area contributed by atoms with Crippen molar-refractivity contribution in [1.29, 1.82) is 0 Å². The third-order valence-electron chi connectivity index (χ3n) is 6.23. The van der Waals surface area contributed by atoms with Gasteiger partial charge in [-0.25, -0.2) is 4.98 Å². The Balaban J connectivity index is 1.60. The Bertz CT molecular complexity index is 1100. The van der Waals surface area contributed by atoms with Gasteiger partial charge in [0.05, 0.1) is 16.6 Å². The van der Waals surface area contributed by atoms with Crippen molar-refractivity contribution < 1.29 is 0 Å². The van der Waals surface area contributed by atoms with Gasteiger partial charge in [-0.2, -0.15) is 0 Å². The van der Waals surface area contributed by atoms with Crippen LogP contribution in [-0.4, -0.2) is 39.1 Å². The van der Waals surface area contributed by atoms with E-state index in [4.69, 9.17) is 4.98 Å². The summed E-state index contributed by atoms with van der Waals surface area (Å²) in [5, 5.41) is 4.34. The molecule has 1 N–H and O–H groups in total. The molecule has 1 aliphatic rings. The summed E-state index contributed by atoms with van der Waals surface area (Å²) in [5.74, 6) is 0.836. The second-order valence-electron chi connectivity index (χ2n) is 9.58. The number of fused-ring (bicyclic) bond motifs is 1. The first-order valence-electron chi connectivity index (χ1n) is 11.5. The molecule has 164 valence electrons. The van der Waals surface area contributed by atoms with E-state index in [0.717, 1.165) is 61.5 Å². The van der Waals surface area contributed by atoms with Crippen LogP contribution in [0.25, 0.3) is 16.6 Å². The molecule has 1 aliphatic heterocycles. The molecule has 5 heteroatoms. The number of likely N-dealkylation sites (tertiary alicyclic amines) is 1. The third-order valence-corrected chi connectivity index (χ3v) is 6.23. The van der Waals surface area contributed by atoms with Crippen LogP contribution in [0.5, 0.6) is 0 Å². The number of nitrogens with one attached hydrogen (secondary N) is 1. The summed E-state index contributed by atoms with van der Waals surface area (Å²) in [5.41, 5.74) is 2.97. The lowest BCUT2D eigenvalue weighted by Gasteiger charge is -2.31. The van der Waals surface area contributed by atoms with Crippen molar-refractivity contribution in [2.75, 3.05) is 18.4 Å². The zero-order valence-corrected chi connectivity index (χ0v) is 19.2. The average Bonchev–Trinajstić information content (AvgIpc) is 3.22. The van der Waals surface area contributed by atoms with E-state index >= 15 is 0 Å². The summed E-state index contributed by atoms with van der Waals surface area (Å²) in [7, 11) is 0. The van der Waals surface area contributed by atoms with Gasteiger partial charge in [-0.3, -0.25) is 14.3 Å². The number of hydrogen-bond donors (Lipinski definition) is 1. The first-order chi connectivity index (χ1) is 14.9. The number of hydrogen-bond acceptors (Lipinski definition) is 4. The molecule has 5 nitrogen and oxygen atoms in total. The molecule has 4 rings (SSSR count). The van der Waals surface area contributed by atoms with Crippen LogP contribution in [0.1, 0.15) is 52.8 Å². The maximum Gasteiger partial charge on any atom is 0.265 e. The van der Waals surface area contributed by atoms with E-state index in [1.54, 1.807) is 4.57 Å². The Morgan fingerprint density at radius 2 is 1.84 bits per heavy atom. The standard InChI is InChI=1S/C26H34N4O/c1-5-6-11-24-28-23-10-8-7-9-22(23)25(31)30(24)21-14-12-19(13-15-21)27-20-16-17-29(18-20)26(2,3)4/h7-10,12-15,20,27H,5-6,11,16-18H2,1-4H3. The molecule has 0 radical (unpaired) electrons. The summed E-state index contributed by atoms with van der Waals surface area (Å²) in [6.07, 6.45) is 4.02. The Morgan fingerprint density at radius 3 is 2.52 bits per heavy atom. The summed E-state index contributed by atoms with van der Waals surface area (Å²) >= 11 is 0. The number of benzene rings is 2. The van der Waals surface area contributed by atoms with Crippen LogP contribution in [0.4, 0.5) is 5.69 Å². The summed E-state index contributed by atoms with van der Waals surface area (Å²) in [6, 6.07) is 16.3. The summed E-state index contributed by atoms with van der Waals surface area (Å²) in [6.45, 7) is 11.2. The lowest BCUT2D eigenvalue weighted by Crippen LogP contribution is -2.40. The molecular formula is C26H34N4O. The van der Waals surface area contributed by atoms with Gasteiger partial charge >= 0.3 is 0 Å². The van der Waals surface area contributed by atoms with Crippen molar-refractivity contribution in [3.8, 4) is 5.69 Å². The topological polar surface area (TPSA) is 50.2 Å². The van der Waals surface area contributed by atoms with Crippen molar-refractivity contribution >= 4 is 16.6 Å². The van der Waals surface area contributed by atoms with Crippen molar-refractivity contribution in [1.82, 2.24) is 14.5 Å². The highest BCUT2D eigenvalue weighted by Gasteiger charge is 2.30. The van der Waals surface area contributed by atoms with Gasteiger partial charge in [-0.1, -0.05) is 25.5 Å². The van der Waals surface area contributed by atoms with E-state index in [9.17, 15) is 4.79 Å². The molecule has 0 amide bonds. The maximum atomic E-state index is 13.3. The van der Waals surface area contributed by atoms with E-state index in [0.29, 0.717) is 11.4 Å². The molecule has 0 bridgehead atoms. The van der Waals surface area contributed by atoms with Gasteiger partial charge in [-0.05, 0) is 70.0 Å². The minimum atomic E-state index is 0.00836. The summed E-state index contributed by atoms with van der Waals surface area (Å²) in [4.78, 5) is 20.7. The Morgan fingerprint density at radius 1 is 1.10 bits per heavy atom. The second kappa shape index (κ2) is 8.83. The van der Waals surface area contributed by atoms with E-state index in [1.165, 1.54) is 0 Å². The lowest BCUT2D eigenvalue weighted by atomic mass is 10.1. The van der Waals surface area contributed by atoms with Crippen molar-refractivity contribution in [2.45, 2.75) is 65.0 Å². The molecule has 1 aromatic heterocycles. The highest BCUT2D eigenvalue weighted by atomic mass is 16.1. The maximum absolute atomic E-state index is 13.3. The van der Waals surface area contributed by atoms with Gasteiger partial charge in [-0.15, -0.1) is 0 Å². The number of rotatable bonds is 6. The van der Waals surface area contributed by atoms with Gasteiger partial charge in [0.15, 0.2) is 0 Å². The van der Waals surface area contributed by atoms with Crippen molar-refractivity contribution in [2.24, 2.45) is 0 Å². The van der Waals surface area contributed by atoms with Crippen LogP contribution in [0.15, 0.2) is 53.3 Å². The van der Waals surface area contributed by atoms with Crippen LogP contribution in [0, 0.1) is 0 Å². The largest absolute Gasteiger partial charge is 0.381 e. The normalized spacial score (nSPS) is 17.4. The number of anilines is 1. The summed E-state index contributed by atoms with van der Waals surface area (Å²) < 4.78 is 1.79. The predicted octanol–water partition coefficient (Wildman–Crippen LogP) is 5.01. The zero-order chi connectivity index (χ0) is 22.0. The molecule has 0 spiro atoms. The van der Waals surface area contributed by atoms with Gasteiger partial charge in [0.25, 0.3) is 5.56 Å². The number of aromatic nitrogens is 2. The molecule has 0 saturated carbocycles. The third kappa shape index (κ3) is 4.67. The monoisotopic (exact) mass is 418 g/mol. The van der Waals surface area contributed by atoms with Crippen molar-refractivity contribution in [3.05, 3.63) is 64.7 Å². The number of aryl methyl sites for hydroxylation is 1. The predicted molar refractivity (Wildman–Crippen MR) is 129 cm³/mol. The van der Waals surface area contributed by atoms with Gasteiger partial charge < -0.3 is 5.32 Å². The Hall–Kier alpha value is -2.66. The first kappa shape index (κ1) is 21.6. The van der Waals surface area contributed by atoms with E-state index in [-0.39, 0.29) is 11.1 Å². The molecule has 1 saturated heterocycles. The molecule has 1 atom stereocenters. The SMILES string of the molecule is CCCCc1nc2ccccc2c(=O)n1-c1ccc(NC2CCN(C(C)(C)C)C2)cc1. The molecule has 3 aromatic rings. The fourth-order valence-electron chi connectivity index (χ4n) is 4.38. The molecule has 0 aliphatic carbocycles. The smallest absolute Gasteiger partial charge is 0.265 e. The first-order valence-corrected chi connectivity index (χ1v) is 11.5. The fraction of sp³-hybridized carbons (Fsp3) is 0.462. The minimum Gasteiger partial charge on any atom is -0.381 e. The molecule has 2 heterocycles.